The summed E-state index contributed by atoms with van der Waals surface area (Å²) in [5, 5.41) is 0. The van der Waals surface area contributed by atoms with Crippen molar-refractivity contribution in [3.05, 3.63) is 0 Å². The van der Waals surface area contributed by atoms with Crippen molar-refractivity contribution < 1.29 is 13.2 Å². The second-order valence-corrected chi connectivity index (χ2v) is 6.75. The fraction of sp³-hybridized carbons (Fsp3) is 1.00. The predicted molar refractivity (Wildman–Crippen MR) is 66.4 cm³/mol. The predicted octanol–water partition coefficient (Wildman–Crippen LogP) is 0.181. The first-order valence-corrected chi connectivity index (χ1v) is 8.11. The Bertz CT molecular complexity index is 322. The monoisotopic (exact) mass is 262 g/mol. The van der Waals surface area contributed by atoms with Crippen LogP contribution < -0.4 is 4.72 Å². The lowest BCUT2D eigenvalue weighted by Gasteiger charge is -2.27. The van der Waals surface area contributed by atoms with Crippen LogP contribution >= 0.6 is 0 Å². The maximum atomic E-state index is 11.7. The van der Waals surface area contributed by atoms with Crippen molar-refractivity contribution in [3.63, 3.8) is 0 Å². The molecule has 1 aliphatic carbocycles. The van der Waals surface area contributed by atoms with Gasteiger partial charge in [-0.05, 0) is 25.8 Å². The summed E-state index contributed by atoms with van der Waals surface area (Å²) >= 11 is 0. The highest BCUT2D eigenvalue weighted by atomic mass is 32.2. The number of nitrogens with zero attached hydrogens (tertiary/aromatic N) is 1. The summed E-state index contributed by atoms with van der Waals surface area (Å²) in [6, 6.07) is 0.211. The summed E-state index contributed by atoms with van der Waals surface area (Å²) in [4.78, 5) is 2.27. The lowest BCUT2D eigenvalue weighted by Crippen LogP contribution is -2.42. The molecule has 1 N–H and O–H groups in total. The number of hydrogen-bond acceptors (Lipinski definition) is 4. The molecule has 0 aromatic carbocycles. The molecule has 1 saturated carbocycles. The van der Waals surface area contributed by atoms with E-state index in [4.69, 9.17) is 4.74 Å². The molecule has 17 heavy (non-hydrogen) atoms. The van der Waals surface area contributed by atoms with E-state index in [1.165, 1.54) is 0 Å². The highest BCUT2D eigenvalue weighted by molar-refractivity contribution is 7.89. The van der Waals surface area contributed by atoms with Gasteiger partial charge in [0.2, 0.25) is 10.0 Å². The van der Waals surface area contributed by atoms with Crippen molar-refractivity contribution in [1.29, 1.82) is 0 Å². The minimum Gasteiger partial charge on any atom is -0.379 e. The smallest absolute Gasteiger partial charge is 0.211 e. The third kappa shape index (κ3) is 4.54. The minimum atomic E-state index is -3.05. The third-order valence-electron chi connectivity index (χ3n) is 3.44. The maximum Gasteiger partial charge on any atom is 0.211 e. The molecule has 0 spiro atoms. The second kappa shape index (κ2) is 6.13. The number of ether oxygens (including phenoxy) is 1. The van der Waals surface area contributed by atoms with Gasteiger partial charge in [-0.1, -0.05) is 6.42 Å². The van der Waals surface area contributed by atoms with E-state index in [-0.39, 0.29) is 11.8 Å². The molecule has 2 aliphatic rings. The van der Waals surface area contributed by atoms with Gasteiger partial charge in [0.15, 0.2) is 0 Å². The molecule has 0 radical (unpaired) electrons. The number of rotatable bonds is 6. The van der Waals surface area contributed by atoms with Crippen LogP contribution in [0.25, 0.3) is 0 Å². The second-order valence-electron chi connectivity index (χ2n) is 4.87. The third-order valence-corrected chi connectivity index (χ3v) is 4.96. The molecule has 0 amide bonds. The Morgan fingerprint density at radius 1 is 1.24 bits per heavy atom. The summed E-state index contributed by atoms with van der Waals surface area (Å²) in [7, 11) is -3.05. The van der Waals surface area contributed by atoms with E-state index in [1.54, 1.807) is 0 Å². The van der Waals surface area contributed by atoms with Gasteiger partial charge in [-0.25, -0.2) is 13.1 Å². The Morgan fingerprint density at radius 3 is 2.53 bits per heavy atom. The molecule has 6 heteroatoms. The number of hydrogen-bond donors (Lipinski definition) is 1. The molecule has 100 valence electrons. The topological polar surface area (TPSA) is 58.6 Å². The van der Waals surface area contributed by atoms with Crippen molar-refractivity contribution in [3.8, 4) is 0 Å². The zero-order valence-corrected chi connectivity index (χ0v) is 11.0. The van der Waals surface area contributed by atoms with Crippen LogP contribution in [-0.2, 0) is 14.8 Å². The number of nitrogens with one attached hydrogen (secondary N) is 1. The highest BCUT2D eigenvalue weighted by Gasteiger charge is 2.23. The SMILES string of the molecule is O=S(=O)(CCCN1CCOCC1)NC1CCC1. The van der Waals surface area contributed by atoms with Crippen LogP contribution in [0.5, 0.6) is 0 Å². The van der Waals surface area contributed by atoms with E-state index in [0.717, 1.165) is 52.1 Å². The van der Waals surface area contributed by atoms with E-state index in [0.29, 0.717) is 6.42 Å². The largest absolute Gasteiger partial charge is 0.379 e. The molecule has 0 aromatic heterocycles. The first-order chi connectivity index (χ1) is 8.16. The van der Waals surface area contributed by atoms with E-state index >= 15 is 0 Å². The number of morpholine rings is 1. The summed E-state index contributed by atoms with van der Waals surface area (Å²) in [6.45, 7) is 4.25. The van der Waals surface area contributed by atoms with Crippen molar-refractivity contribution >= 4 is 10.0 Å². The van der Waals surface area contributed by atoms with Crippen molar-refractivity contribution in [2.75, 3.05) is 38.6 Å². The lowest BCUT2D eigenvalue weighted by atomic mass is 9.94. The summed E-state index contributed by atoms with van der Waals surface area (Å²) in [5.41, 5.74) is 0. The van der Waals surface area contributed by atoms with Gasteiger partial charge in [-0.15, -0.1) is 0 Å². The van der Waals surface area contributed by atoms with E-state index in [2.05, 4.69) is 9.62 Å². The summed E-state index contributed by atoms with van der Waals surface area (Å²) in [5.74, 6) is 0.251. The van der Waals surface area contributed by atoms with Gasteiger partial charge in [-0.3, -0.25) is 4.90 Å². The Morgan fingerprint density at radius 2 is 1.94 bits per heavy atom. The van der Waals surface area contributed by atoms with Crippen LogP contribution in [0, 0.1) is 0 Å². The Hall–Kier alpha value is -0.170. The molecule has 1 aliphatic heterocycles. The zero-order valence-electron chi connectivity index (χ0n) is 10.2. The van der Waals surface area contributed by atoms with Gasteiger partial charge >= 0.3 is 0 Å². The molecule has 1 saturated heterocycles. The average molecular weight is 262 g/mol. The normalized spacial score (nSPS) is 23.5. The van der Waals surface area contributed by atoms with Crippen molar-refractivity contribution in [2.24, 2.45) is 0 Å². The van der Waals surface area contributed by atoms with Crippen molar-refractivity contribution in [2.45, 2.75) is 31.7 Å². The average Bonchev–Trinajstić information content (AvgIpc) is 2.25. The fourth-order valence-corrected chi connectivity index (χ4v) is 3.51. The molecular formula is C11H22N2O3S. The lowest BCUT2D eigenvalue weighted by molar-refractivity contribution is 0.0381. The van der Waals surface area contributed by atoms with Crippen molar-refractivity contribution in [1.82, 2.24) is 9.62 Å². The van der Waals surface area contributed by atoms with Gasteiger partial charge in [-0.2, -0.15) is 0 Å². The fourth-order valence-electron chi connectivity index (χ4n) is 2.14. The Labute approximate surface area is 104 Å². The van der Waals surface area contributed by atoms with Gasteiger partial charge < -0.3 is 4.74 Å². The summed E-state index contributed by atoms with van der Waals surface area (Å²) < 4.78 is 31.5. The van der Waals surface area contributed by atoms with Gasteiger partial charge in [0.05, 0.1) is 19.0 Å². The molecule has 5 nitrogen and oxygen atoms in total. The molecule has 0 bridgehead atoms. The Kier molecular flexibility index (Phi) is 4.78. The molecule has 1 heterocycles. The van der Waals surface area contributed by atoms with Gasteiger partial charge in [0.25, 0.3) is 0 Å². The van der Waals surface area contributed by atoms with Crippen LogP contribution in [0.4, 0.5) is 0 Å². The minimum absolute atomic E-state index is 0.211. The molecule has 2 fully saturated rings. The van der Waals surface area contributed by atoms with E-state index < -0.39 is 10.0 Å². The first-order valence-electron chi connectivity index (χ1n) is 6.46. The molecule has 0 unspecified atom stereocenters. The van der Waals surface area contributed by atoms with Crippen LogP contribution in [0.1, 0.15) is 25.7 Å². The van der Waals surface area contributed by atoms with E-state index in [9.17, 15) is 8.42 Å². The van der Waals surface area contributed by atoms with Crippen LogP contribution in [-0.4, -0.2) is 58.0 Å². The first kappa shape index (κ1) is 13.3. The summed E-state index contributed by atoms with van der Waals surface area (Å²) in [6.07, 6.45) is 3.87. The number of sulfonamides is 1. The molecular weight excluding hydrogens is 240 g/mol. The standard InChI is InChI=1S/C11H22N2O3S/c14-17(15,12-11-3-1-4-11)10-2-5-13-6-8-16-9-7-13/h11-12H,1-10H2. The zero-order chi connectivity index (χ0) is 12.1. The quantitative estimate of drug-likeness (QED) is 0.742. The Balaban J connectivity index is 1.62. The molecule has 2 rings (SSSR count). The van der Waals surface area contributed by atoms with Crippen LogP contribution in [0.3, 0.4) is 0 Å². The maximum absolute atomic E-state index is 11.7. The van der Waals surface area contributed by atoms with Crippen LogP contribution in [0.15, 0.2) is 0 Å². The molecule has 0 aromatic rings. The van der Waals surface area contributed by atoms with Gasteiger partial charge in [0, 0.05) is 19.1 Å². The molecule has 0 atom stereocenters. The van der Waals surface area contributed by atoms with Gasteiger partial charge in [0.1, 0.15) is 0 Å². The highest BCUT2D eigenvalue weighted by Crippen LogP contribution is 2.19. The van der Waals surface area contributed by atoms with Crippen LogP contribution in [0.2, 0.25) is 0 Å². The van der Waals surface area contributed by atoms with E-state index in [1.807, 2.05) is 0 Å².